The third-order valence-electron chi connectivity index (χ3n) is 2.64. The maximum Gasteiger partial charge on any atom is 0.307 e. The van der Waals surface area contributed by atoms with Crippen LogP contribution in [0.15, 0.2) is 0 Å². The molecule has 7 heteroatoms. The Bertz CT molecular complexity index is 390. The van der Waals surface area contributed by atoms with Gasteiger partial charge in [-0.3, -0.25) is 9.59 Å². The van der Waals surface area contributed by atoms with Gasteiger partial charge < -0.3 is 10.4 Å². The topological polar surface area (TPSA) is 101 Å². The number of sulfone groups is 1. The Morgan fingerprint density at radius 2 is 1.83 bits per heavy atom. The molecule has 1 amide bonds. The van der Waals surface area contributed by atoms with Crippen molar-refractivity contribution >= 4 is 21.7 Å². The second-order valence-electron chi connectivity index (χ2n) is 4.36. The van der Waals surface area contributed by atoms with E-state index in [4.69, 9.17) is 5.11 Å². The van der Waals surface area contributed by atoms with Gasteiger partial charge in [0.25, 0.3) is 0 Å². The second kappa shape index (κ2) is 7.35. The number of carboxylic acids is 1. The molecular formula is C11H21NO5S. The zero-order valence-corrected chi connectivity index (χ0v) is 11.8. The van der Waals surface area contributed by atoms with E-state index in [1.807, 2.05) is 6.92 Å². The fourth-order valence-electron chi connectivity index (χ4n) is 1.26. The maximum absolute atomic E-state index is 11.8. The number of rotatable bonds is 8. The van der Waals surface area contributed by atoms with E-state index in [0.717, 1.165) is 12.8 Å². The van der Waals surface area contributed by atoms with Crippen LogP contribution in [0.3, 0.4) is 0 Å². The molecule has 2 N–H and O–H groups in total. The predicted molar refractivity (Wildman–Crippen MR) is 68.0 cm³/mol. The van der Waals surface area contributed by atoms with Crippen molar-refractivity contribution in [3.05, 3.63) is 0 Å². The highest BCUT2D eigenvalue weighted by molar-refractivity contribution is 7.92. The van der Waals surface area contributed by atoms with Crippen LogP contribution in [0.25, 0.3) is 0 Å². The maximum atomic E-state index is 11.8. The Labute approximate surface area is 108 Å². The van der Waals surface area contributed by atoms with Gasteiger partial charge in [0.15, 0.2) is 9.84 Å². The first kappa shape index (κ1) is 16.9. The van der Waals surface area contributed by atoms with Crippen LogP contribution in [0, 0.1) is 5.92 Å². The average Bonchev–Trinajstić information content (AvgIpc) is 2.27. The highest BCUT2D eigenvalue weighted by Crippen LogP contribution is 2.08. The molecule has 2 atom stereocenters. The molecule has 0 aliphatic heterocycles. The summed E-state index contributed by atoms with van der Waals surface area (Å²) in [6, 6.07) is 0. The summed E-state index contributed by atoms with van der Waals surface area (Å²) in [7, 11) is -3.73. The average molecular weight is 279 g/mol. The molecule has 0 saturated heterocycles. The molecule has 0 radical (unpaired) electrons. The van der Waals surface area contributed by atoms with Gasteiger partial charge in [-0.1, -0.05) is 20.3 Å². The van der Waals surface area contributed by atoms with Crippen molar-refractivity contribution in [3.63, 3.8) is 0 Å². The minimum absolute atomic E-state index is 0.434. The molecule has 6 nitrogen and oxygen atoms in total. The molecule has 0 rings (SSSR count). The van der Waals surface area contributed by atoms with Crippen LogP contribution in [0.2, 0.25) is 0 Å². The first-order valence-corrected chi connectivity index (χ1v) is 7.66. The molecule has 0 aliphatic carbocycles. The van der Waals surface area contributed by atoms with Crippen LogP contribution in [0.1, 0.15) is 33.6 Å². The van der Waals surface area contributed by atoms with Gasteiger partial charge in [-0.05, 0) is 13.3 Å². The quantitative estimate of drug-likeness (QED) is 0.627. The van der Waals surface area contributed by atoms with Crippen molar-refractivity contribution in [2.45, 2.75) is 38.9 Å². The molecule has 0 bridgehead atoms. The van der Waals surface area contributed by atoms with Crippen LogP contribution < -0.4 is 5.32 Å². The first-order valence-electron chi connectivity index (χ1n) is 5.94. The summed E-state index contributed by atoms with van der Waals surface area (Å²) < 4.78 is 23.6. The smallest absolute Gasteiger partial charge is 0.307 e. The minimum Gasteiger partial charge on any atom is -0.481 e. The summed E-state index contributed by atoms with van der Waals surface area (Å²) in [5, 5.41) is 9.99. The molecule has 0 aliphatic rings. The standard InChI is InChI=1S/C11H21NO5S/c1-4-5-6-12-10(13)9(3)18(16,17)7-8(2)11(14)15/h8-9H,4-7H2,1-3H3,(H,12,13)(H,14,15). The third kappa shape index (κ3) is 5.48. The number of hydrogen-bond donors (Lipinski definition) is 2. The van der Waals surface area contributed by atoms with Crippen molar-refractivity contribution in [3.8, 4) is 0 Å². The molecule has 0 aromatic rings. The Morgan fingerprint density at radius 1 is 1.28 bits per heavy atom. The lowest BCUT2D eigenvalue weighted by Gasteiger charge is -2.14. The fraction of sp³-hybridized carbons (Fsp3) is 0.818. The molecule has 18 heavy (non-hydrogen) atoms. The number of carboxylic acid groups (broad SMARTS) is 1. The molecule has 0 heterocycles. The van der Waals surface area contributed by atoms with E-state index in [-0.39, 0.29) is 0 Å². The summed E-state index contributed by atoms with van der Waals surface area (Å²) in [5.74, 6) is -3.29. The Kier molecular flexibility index (Phi) is 6.90. The van der Waals surface area contributed by atoms with E-state index < -0.39 is 38.6 Å². The predicted octanol–water partition coefficient (Wildman–Crippen LogP) is 0.427. The van der Waals surface area contributed by atoms with Gasteiger partial charge in [0.2, 0.25) is 5.91 Å². The molecule has 2 unspecified atom stereocenters. The number of amides is 1. The summed E-state index contributed by atoms with van der Waals surface area (Å²) >= 11 is 0. The Morgan fingerprint density at radius 3 is 2.28 bits per heavy atom. The van der Waals surface area contributed by atoms with Crippen LogP contribution >= 0.6 is 0 Å². The number of aliphatic carboxylic acids is 1. The van der Waals surface area contributed by atoms with E-state index >= 15 is 0 Å². The summed E-state index contributed by atoms with van der Waals surface area (Å²) in [4.78, 5) is 22.2. The first-order chi connectivity index (χ1) is 8.22. The SMILES string of the molecule is CCCCNC(=O)C(C)S(=O)(=O)CC(C)C(=O)O. The van der Waals surface area contributed by atoms with Gasteiger partial charge in [0, 0.05) is 6.54 Å². The van der Waals surface area contributed by atoms with E-state index in [1.165, 1.54) is 13.8 Å². The lowest BCUT2D eigenvalue weighted by Crippen LogP contribution is -2.40. The third-order valence-corrected chi connectivity index (χ3v) is 4.90. The summed E-state index contributed by atoms with van der Waals surface area (Å²) in [6.45, 7) is 4.98. The fourth-order valence-corrected chi connectivity index (χ4v) is 2.80. The molecule has 0 aromatic heterocycles. The summed E-state index contributed by atoms with van der Waals surface area (Å²) in [5.41, 5.74) is 0. The number of carbonyl (C=O) groups is 2. The molecule has 0 saturated carbocycles. The number of nitrogens with one attached hydrogen (secondary N) is 1. The number of carbonyl (C=O) groups excluding carboxylic acids is 1. The number of hydrogen-bond acceptors (Lipinski definition) is 4. The molecular weight excluding hydrogens is 258 g/mol. The van der Waals surface area contributed by atoms with Crippen LogP contribution in [-0.2, 0) is 19.4 Å². The van der Waals surface area contributed by atoms with Gasteiger partial charge in [-0.2, -0.15) is 0 Å². The van der Waals surface area contributed by atoms with E-state index in [2.05, 4.69) is 5.32 Å². The van der Waals surface area contributed by atoms with Crippen molar-refractivity contribution in [1.29, 1.82) is 0 Å². The van der Waals surface area contributed by atoms with E-state index in [0.29, 0.717) is 6.54 Å². The van der Waals surface area contributed by atoms with Crippen molar-refractivity contribution in [2.24, 2.45) is 5.92 Å². The zero-order chi connectivity index (χ0) is 14.3. The van der Waals surface area contributed by atoms with Gasteiger partial charge in [-0.25, -0.2) is 8.42 Å². The highest BCUT2D eigenvalue weighted by Gasteiger charge is 2.31. The van der Waals surface area contributed by atoms with Crippen LogP contribution in [-0.4, -0.2) is 42.9 Å². The van der Waals surface area contributed by atoms with Gasteiger partial charge >= 0.3 is 5.97 Å². The molecule has 106 valence electrons. The Hall–Kier alpha value is -1.11. The van der Waals surface area contributed by atoms with E-state index in [1.54, 1.807) is 0 Å². The molecule has 0 fully saturated rings. The van der Waals surface area contributed by atoms with Crippen LogP contribution in [0.5, 0.6) is 0 Å². The highest BCUT2D eigenvalue weighted by atomic mass is 32.2. The molecule has 0 spiro atoms. The van der Waals surface area contributed by atoms with Crippen LogP contribution in [0.4, 0.5) is 0 Å². The lowest BCUT2D eigenvalue weighted by atomic mass is 10.2. The van der Waals surface area contributed by atoms with E-state index in [9.17, 15) is 18.0 Å². The lowest BCUT2D eigenvalue weighted by molar-refractivity contribution is -0.140. The van der Waals surface area contributed by atoms with Crippen molar-refractivity contribution in [2.75, 3.05) is 12.3 Å². The van der Waals surface area contributed by atoms with Crippen molar-refractivity contribution in [1.82, 2.24) is 5.32 Å². The van der Waals surface area contributed by atoms with Gasteiger partial charge in [0.1, 0.15) is 5.25 Å². The monoisotopic (exact) mass is 279 g/mol. The minimum atomic E-state index is -3.73. The van der Waals surface area contributed by atoms with Gasteiger partial charge in [0.05, 0.1) is 11.7 Å². The normalized spacial score (nSPS) is 14.8. The largest absolute Gasteiger partial charge is 0.481 e. The zero-order valence-electron chi connectivity index (χ0n) is 11.0. The Balaban J connectivity index is 4.51. The van der Waals surface area contributed by atoms with Gasteiger partial charge in [-0.15, -0.1) is 0 Å². The summed E-state index contributed by atoms with van der Waals surface area (Å²) in [6.07, 6.45) is 1.68. The van der Waals surface area contributed by atoms with Crippen molar-refractivity contribution < 1.29 is 23.1 Å². The molecule has 0 aromatic carbocycles. The second-order valence-corrected chi connectivity index (χ2v) is 6.72. The number of unbranched alkanes of at least 4 members (excludes halogenated alkanes) is 1.